The third-order valence-corrected chi connectivity index (χ3v) is 5.84. The van der Waals surface area contributed by atoms with Crippen molar-refractivity contribution in [2.45, 2.75) is 52.2 Å². The quantitative estimate of drug-likeness (QED) is 0.860. The molecule has 0 radical (unpaired) electrons. The maximum absolute atomic E-state index is 12.7. The topological polar surface area (TPSA) is 99.2 Å². The zero-order valence-electron chi connectivity index (χ0n) is 15.9. The monoisotopic (exact) mass is 376 g/mol. The lowest BCUT2D eigenvalue weighted by atomic mass is 9.86. The minimum atomic E-state index is -0.574. The highest BCUT2D eigenvalue weighted by atomic mass is 32.1. The number of primary amides is 1. The predicted molar refractivity (Wildman–Crippen MR) is 101 cm³/mol. The van der Waals surface area contributed by atoms with Gasteiger partial charge in [0.2, 0.25) is 0 Å². The van der Waals surface area contributed by atoms with Crippen molar-refractivity contribution in [3.63, 3.8) is 0 Å². The zero-order chi connectivity index (χ0) is 19.4. The second-order valence-electron chi connectivity index (χ2n) is 7.82. The van der Waals surface area contributed by atoms with E-state index < -0.39 is 17.1 Å². The molecule has 0 saturated carbocycles. The van der Waals surface area contributed by atoms with Crippen molar-refractivity contribution >= 4 is 28.2 Å². The lowest BCUT2D eigenvalue weighted by Crippen LogP contribution is -2.42. The molecular formula is C18H24N4O3S. The summed E-state index contributed by atoms with van der Waals surface area (Å²) < 4.78 is 7.76. The Hall–Kier alpha value is -2.19. The summed E-state index contributed by atoms with van der Waals surface area (Å²) in [6.45, 7) is 9.70. The van der Waals surface area contributed by atoms with Gasteiger partial charge >= 0.3 is 0 Å². The van der Waals surface area contributed by atoms with Crippen molar-refractivity contribution in [3.05, 3.63) is 33.5 Å². The summed E-state index contributed by atoms with van der Waals surface area (Å²) >= 11 is 1.34. The van der Waals surface area contributed by atoms with Gasteiger partial charge in [0, 0.05) is 30.1 Å². The fourth-order valence-corrected chi connectivity index (χ4v) is 4.92. The first-order valence-corrected chi connectivity index (χ1v) is 9.20. The largest absolute Gasteiger partial charge is 0.365 e. The second kappa shape index (κ2) is 5.92. The highest BCUT2D eigenvalue weighted by molar-refractivity contribution is 7.17. The standard InChI is InChI=1S/C18H24N4O3S/c1-9-8-22(6)21-12(9)15(24)20-16-11(14(19)23)10-7-17(2,3)25-18(4,5)13(10)26-16/h8H,7H2,1-6H3,(H2,19,23)(H,20,24). The van der Waals surface area contributed by atoms with Gasteiger partial charge in [0.05, 0.1) is 16.8 Å². The third-order valence-electron chi connectivity index (χ3n) is 4.39. The summed E-state index contributed by atoms with van der Waals surface area (Å²) in [5, 5.41) is 7.47. The number of nitrogens with one attached hydrogen (secondary N) is 1. The summed E-state index contributed by atoms with van der Waals surface area (Å²) in [6, 6.07) is 0. The Balaban J connectivity index is 2.06. The Bertz CT molecular complexity index is 908. The smallest absolute Gasteiger partial charge is 0.277 e. The average Bonchev–Trinajstić information content (AvgIpc) is 2.97. The van der Waals surface area contributed by atoms with Gasteiger partial charge in [-0.1, -0.05) is 0 Å². The van der Waals surface area contributed by atoms with E-state index in [0.717, 1.165) is 16.0 Å². The number of thiophene rings is 1. The van der Waals surface area contributed by atoms with E-state index in [4.69, 9.17) is 10.5 Å². The number of anilines is 1. The molecule has 0 aliphatic carbocycles. The molecule has 8 heteroatoms. The lowest BCUT2D eigenvalue weighted by Gasteiger charge is -2.41. The SMILES string of the molecule is Cc1cn(C)nc1C(=O)Nc1sc2c(c1C(N)=O)CC(C)(C)OC2(C)C. The Kier molecular flexibility index (Phi) is 4.23. The molecule has 0 atom stereocenters. The number of hydrogen-bond donors (Lipinski definition) is 2. The van der Waals surface area contributed by atoms with E-state index in [-0.39, 0.29) is 5.91 Å². The molecule has 0 unspecified atom stereocenters. The van der Waals surface area contributed by atoms with Gasteiger partial charge in [-0.15, -0.1) is 11.3 Å². The molecule has 2 aromatic rings. The molecule has 0 saturated heterocycles. The fourth-order valence-electron chi connectivity index (χ4n) is 3.66. The van der Waals surface area contributed by atoms with Gasteiger partial charge < -0.3 is 15.8 Å². The number of hydrogen-bond acceptors (Lipinski definition) is 5. The molecule has 0 bridgehead atoms. The normalized spacial score (nSPS) is 17.6. The molecule has 0 spiro atoms. The molecule has 2 aromatic heterocycles. The van der Waals surface area contributed by atoms with Crippen molar-refractivity contribution in [1.29, 1.82) is 0 Å². The first-order valence-electron chi connectivity index (χ1n) is 8.39. The van der Waals surface area contributed by atoms with Crippen LogP contribution in [0.2, 0.25) is 0 Å². The summed E-state index contributed by atoms with van der Waals surface area (Å²) in [7, 11) is 1.75. The number of aromatic nitrogens is 2. The number of nitrogens with zero attached hydrogens (tertiary/aromatic N) is 2. The van der Waals surface area contributed by atoms with Crippen molar-refractivity contribution in [1.82, 2.24) is 9.78 Å². The molecule has 3 N–H and O–H groups in total. The van der Waals surface area contributed by atoms with E-state index in [0.29, 0.717) is 22.7 Å². The van der Waals surface area contributed by atoms with Crippen molar-refractivity contribution in [2.24, 2.45) is 12.8 Å². The fraction of sp³-hybridized carbons (Fsp3) is 0.500. The van der Waals surface area contributed by atoms with Crippen molar-refractivity contribution in [3.8, 4) is 0 Å². The van der Waals surface area contributed by atoms with E-state index in [1.165, 1.54) is 11.3 Å². The number of rotatable bonds is 3. The van der Waals surface area contributed by atoms with Crippen LogP contribution < -0.4 is 11.1 Å². The van der Waals surface area contributed by atoms with Gasteiger partial charge in [-0.25, -0.2) is 0 Å². The third kappa shape index (κ3) is 3.14. The van der Waals surface area contributed by atoms with Crippen LogP contribution in [-0.2, 0) is 23.8 Å². The van der Waals surface area contributed by atoms with E-state index in [9.17, 15) is 9.59 Å². The molecule has 140 valence electrons. The number of fused-ring (bicyclic) bond motifs is 1. The van der Waals surface area contributed by atoms with Gasteiger partial charge in [0.1, 0.15) is 5.00 Å². The van der Waals surface area contributed by atoms with Crippen molar-refractivity contribution < 1.29 is 14.3 Å². The van der Waals surface area contributed by atoms with Crippen LogP contribution in [0.25, 0.3) is 0 Å². The molecule has 0 aromatic carbocycles. The zero-order valence-corrected chi connectivity index (χ0v) is 16.7. The van der Waals surface area contributed by atoms with Crippen LogP contribution in [0.4, 0.5) is 5.00 Å². The molecule has 0 fully saturated rings. The number of nitrogens with two attached hydrogens (primary N) is 1. The van der Waals surface area contributed by atoms with Crippen LogP contribution in [0.5, 0.6) is 0 Å². The van der Waals surface area contributed by atoms with E-state index in [1.54, 1.807) is 17.9 Å². The first kappa shape index (κ1) is 18.6. The molecule has 7 nitrogen and oxygen atoms in total. The average molecular weight is 376 g/mol. The molecule has 1 aliphatic rings. The van der Waals surface area contributed by atoms with Crippen molar-refractivity contribution in [2.75, 3.05) is 5.32 Å². The van der Waals surface area contributed by atoms with Gasteiger partial charge in [-0.05, 0) is 40.2 Å². The first-order chi connectivity index (χ1) is 11.9. The molecule has 3 rings (SSSR count). The molecule has 2 amide bonds. The Morgan fingerprint density at radius 1 is 1.35 bits per heavy atom. The van der Waals surface area contributed by atoms with Crippen LogP contribution in [0, 0.1) is 6.92 Å². The van der Waals surface area contributed by atoms with Gasteiger partial charge in [0.15, 0.2) is 5.69 Å². The number of carbonyl (C=O) groups excluding carboxylic acids is 2. The second-order valence-corrected chi connectivity index (χ2v) is 8.84. The Morgan fingerprint density at radius 3 is 2.54 bits per heavy atom. The maximum atomic E-state index is 12.7. The van der Waals surface area contributed by atoms with E-state index in [1.807, 2.05) is 34.6 Å². The van der Waals surface area contributed by atoms with Gasteiger partial charge in [0.25, 0.3) is 11.8 Å². The summed E-state index contributed by atoms with van der Waals surface area (Å²) in [5.74, 6) is -0.911. The summed E-state index contributed by atoms with van der Waals surface area (Å²) in [4.78, 5) is 25.8. The highest BCUT2D eigenvalue weighted by Crippen LogP contribution is 2.48. The summed E-state index contributed by atoms with van der Waals surface area (Å²) in [5.41, 5.74) is 6.98. The summed E-state index contributed by atoms with van der Waals surface area (Å²) in [6.07, 6.45) is 2.32. The van der Waals surface area contributed by atoms with Crippen LogP contribution >= 0.6 is 11.3 Å². The Morgan fingerprint density at radius 2 is 2.00 bits per heavy atom. The van der Waals surface area contributed by atoms with Crippen LogP contribution in [0.15, 0.2) is 6.20 Å². The van der Waals surface area contributed by atoms with Gasteiger partial charge in [-0.2, -0.15) is 5.10 Å². The van der Waals surface area contributed by atoms with Gasteiger partial charge in [-0.3, -0.25) is 14.3 Å². The van der Waals surface area contributed by atoms with Crippen LogP contribution in [0.1, 0.15) is 64.5 Å². The van der Waals surface area contributed by atoms with Crippen LogP contribution in [-0.4, -0.2) is 27.2 Å². The molecule has 3 heterocycles. The number of ether oxygens (including phenoxy) is 1. The minimum absolute atomic E-state index is 0.324. The molecule has 1 aliphatic heterocycles. The highest BCUT2D eigenvalue weighted by Gasteiger charge is 2.43. The number of amides is 2. The Labute approximate surface area is 156 Å². The molecular weight excluding hydrogens is 352 g/mol. The predicted octanol–water partition coefficient (Wildman–Crippen LogP) is 2.73. The number of carbonyl (C=O) groups is 2. The maximum Gasteiger partial charge on any atom is 0.277 e. The van der Waals surface area contributed by atoms with E-state index >= 15 is 0 Å². The molecule has 26 heavy (non-hydrogen) atoms. The lowest BCUT2D eigenvalue weighted by molar-refractivity contribution is -0.135. The van der Waals surface area contributed by atoms with E-state index in [2.05, 4.69) is 10.4 Å². The minimum Gasteiger partial charge on any atom is -0.365 e. The number of aryl methyl sites for hydroxylation is 2. The van der Waals surface area contributed by atoms with Crippen LogP contribution in [0.3, 0.4) is 0 Å².